The third kappa shape index (κ3) is 6.62. The number of benzene rings is 5. The molecule has 10 rings (SSSR count). The lowest BCUT2D eigenvalue weighted by atomic mass is 9.63. The fourth-order valence-electron chi connectivity index (χ4n) is 9.32. The smallest absolute Gasteiger partial charge is 0.161 e. The molecule has 6 aromatic rings. The van der Waals surface area contributed by atoms with Gasteiger partial charge in [0.15, 0.2) is 5.84 Å². The van der Waals surface area contributed by atoms with Crippen molar-refractivity contribution in [3.05, 3.63) is 244 Å². The molecule has 2 heterocycles. The van der Waals surface area contributed by atoms with Crippen LogP contribution in [0.1, 0.15) is 64.4 Å². The fraction of sp³-hybridized carbons (Fsp3) is 0.127. The Morgan fingerprint density at radius 2 is 1.55 bits per heavy atom. The summed E-state index contributed by atoms with van der Waals surface area (Å²) in [6.07, 6.45) is 20.6. The van der Waals surface area contributed by atoms with Gasteiger partial charge in [-0.25, -0.2) is 9.98 Å². The number of aliphatic imine (C=N–C) groups is 2. The Bertz CT molecular complexity index is 2830. The molecule has 60 heavy (non-hydrogen) atoms. The lowest BCUT2D eigenvalue weighted by molar-refractivity contribution is 0.379. The molecule has 0 radical (unpaired) electrons. The average Bonchev–Trinajstić information content (AvgIpc) is 3.59. The third-order valence-electron chi connectivity index (χ3n) is 12.2. The van der Waals surface area contributed by atoms with Crippen molar-refractivity contribution < 1.29 is 4.74 Å². The van der Waals surface area contributed by atoms with Gasteiger partial charge < -0.3 is 4.74 Å². The Morgan fingerprint density at radius 1 is 0.817 bits per heavy atom. The van der Waals surface area contributed by atoms with Gasteiger partial charge in [-0.1, -0.05) is 158 Å². The summed E-state index contributed by atoms with van der Waals surface area (Å²) in [7, 11) is 0. The van der Waals surface area contributed by atoms with Crippen molar-refractivity contribution in [3.8, 4) is 16.9 Å². The van der Waals surface area contributed by atoms with Crippen molar-refractivity contribution in [2.75, 3.05) is 0 Å². The van der Waals surface area contributed by atoms with Crippen LogP contribution in [-0.4, -0.2) is 22.9 Å². The van der Waals surface area contributed by atoms with E-state index in [-0.39, 0.29) is 11.8 Å². The van der Waals surface area contributed by atoms with Gasteiger partial charge in [-0.2, -0.15) is 0 Å². The highest BCUT2D eigenvalue weighted by Crippen LogP contribution is 2.62. The molecule has 290 valence electrons. The van der Waals surface area contributed by atoms with Crippen LogP contribution in [0.3, 0.4) is 0 Å². The zero-order chi connectivity index (χ0) is 40.5. The molecule has 0 saturated carbocycles. The minimum Gasteiger partial charge on any atom is -0.457 e. The van der Waals surface area contributed by atoms with Gasteiger partial charge in [-0.05, 0) is 101 Å². The largest absolute Gasteiger partial charge is 0.457 e. The monoisotopic (exact) mass is 776 g/mol. The number of ether oxygens (including phenoxy) is 1. The van der Waals surface area contributed by atoms with Crippen molar-refractivity contribution in [2.24, 2.45) is 15.9 Å². The van der Waals surface area contributed by atoms with Gasteiger partial charge in [0.25, 0.3) is 0 Å². The highest BCUT2D eigenvalue weighted by atomic mass is 16.5. The molecule has 1 spiro atoms. The van der Waals surface area contributed by atoms with E-state index in [1.807, 2.05) is 85.9 Å². The molecular formula is C55H44N4O. The number of aromatic nitrogens is 1. The number of nitrogens with one attached hydrogen (secondary N) is 1. The minimum absolute atomic E-state index is 0.166. The summed E-state index contributed by atoms with van der Waals surface area (Å²) in [5, 5.41) is 8.84. The predicted molar refractivity (Wildman–Crippen MR) is 245 cm³/mol. The summed E-state index contributed by atoms with van der Waals surface area (Å²) in [4.78, 5) is 14.2. The van der Waals surface area contributed by atoms with E-state index in [0.29, 0.717) is 12.3 Å². The number of allylic oxidation sites excluding steroid dienone is 8. The lowest BCUT2D eigenvalue weighted by Gasteiger charge is -2.43. The number of aryl methyl sites for hydroxylation is 1. The van der Waals surface area contributed by atoms with Gasteiger partial charge in [0.2, 0.25) is 0 Å². The van der Waals surface area contributed by atoms with E-state index in [9.17, 15) is 0 Å². The van der Waals surface area contributed by atoms with Crippen LogP contribution in [0.2, 0.25) is 0 Å². The molecule has 0 amide bonds. The molecule has 1 atom stereocenters. The first-order chi connectivity index (χ1) is 29.6. The summed E-state index contributed by atoms with van der Waals surface area (Å²) < 4.78 is 7.05. The molecule has 5 heteroatoms. The van der Waals surface area contributed by atoms with Crippen LogP contribution in [0.15, 0.2) is 209 Å². The normalized spacial score (nSPS) is 17.5. The number of pyridine rings is 1. The van der Waals surface area contributed by atoms with E-state index in [1.54, 1.807) is 6.21 Å². The first-order valence-electron chi connectivity index (χ1n) is 20.8. The number of rotatable bonds is 7. The predicted octanol–water partition coefficient (Wildman–Crippen LogP) is 12.2. The molecule has 0 bridgehead atoms. The molecule has 1 N–H and O–H groups in total. The second kappa shape index (κ2) is 15.8. The first-order valence-corrected chi connectivity index (χ1v) is 20.8. The highest BCUT2D eigenvalue weighted by molar-refractivity contribution is 6.13. The molecular weight excluding hydrogens is 733 g/mol. The second-order valence-electron chi connectivity index (χ2n) is 15.8. The summed E-state index contributed by atoms with van der Waals surface area (Å²) in [5.41, 5.74) is 14.5. The quantitative estimate of drug-likeness (QED) is 0.0996. The first kappa shape index (κ1) is 37.1. The van der Waals surface area contributed by atoms with Crippen LogP contribution in [-0.2, 0) is 18.3 Å². The van der Waals surface area contributed by atoms with E-state index in [1.165, 1.54) is 44.5 Å². The molecule has 1 unspecified atom stereocenters. The zero-order valence-electron chi connectivity index (χ0n) is 33.6. The number of hydrogen-bond acceptors (Lipinski definition) is 3. The number of fused-ring (bicyclic) bond motifs is 10. The van der Waals surface area contributed by atoms with Crippen LogP contribution < -0.4 is 4.74 Å². The van der Waals surface area contributed by atoms with Crippen LogP contribution >= 0.6 is 0 Å². The summed E-state index contributed by atoms with van der Waals surface area (Å²) >= 11 is 0. The van der Waals surface area contributed by atoms with E-state index in [4.69, 9.17) is 15.1 Å². The maximum atomic E-state index is 8.84. The lowest BCUT2D eigenvalue weighted by Crippen LogP contribution is -2.37. The van der Waals surface area contributed by atoms with Crippen molar-refractivity contribution in [1.29, 1.82) is 5.41 Å². The molecule has 1 aromatic heterocycles. The fourth-order valence-corrected chi connectivity index (χ4v) is 9.32. The van der Waals surface area contributed by atoms with Crippen LogP contribution in [0, 0.1) is 11.3 Å². The van der Waals surface area contributed by atoms with Gasteiger partial charge in [0.05, 0.1) is 11.1 Å². The van der Waals surface area contributed by atoms with E-state index < -0.39 is 5.41 Å². The average molecular weight is 777 g/mol. The summed E-state index contributed by atoms with van der Waals surface area (Å²) in [5.74, 6) is 2.66. The molecule has 1 aliphatic heterocycles. The van der Waals surface area contributed by atoms with Crippen molar-refractivity contribution in [1.82, 2.24) is 4.98 Å². The molecule has 3 aliphatic carbocycles. The second-order valence-corrected chi connectivity index (χ2v) is 15.8. The van der Waals surface area contributed by atoms with Crippen LogP contribution in [0.25, 0.3) is 16.7 Å². The number of nitrogens with zero attached hydrogens (tertiary/aromatic N) is 3. The maximum Gasteiger partial charge on any atom is 0.161 e. The van der Waals surface area contributed by atoms with Crippen LogP contribution in [0.4, 0.5) is 0 Å². The van der Waals surface area contributed by atoms with Crippen LogP contribution in [0.5, 0.6) is 5.75 Å². The van der Waals surface area contributed by atoms with Gasteiger partial charge in [0, 0.05) is 35.0 Å². The number of amidine groups is 2. The molecule has 0 saturated heterocycles. The maximum absolute atomic E-state index is 8.84. The SMILES string of the molecule is C/C(=C\C=C/Cc1ccc2c(c1)OC1=CC(C3=CCCc4cccnc43)CC=C1C21c2ccccc2-c2ccccc21)C(=N)/N=C(\N=C\c1ccccc1)c1ccccc1. The highest BCUT2D eigenvalue weighted by Gasteiger charge is 2.53. The van der Waals surface area contributed by atoms with Crippen molar-refractivity contribution in [3.63, 3.8) is 0 Å². The molecule has 5 aromatic carbocycles. The summed E-state index contributed by atoms with van der Waals surface area (Å²) in [6.45, 7) is 1.91. The van der Waals surface area contributed by atoms with Gasteiger partial charge in [-0.15, -0.1) is 0 Å². The van der Waals surface area contributed by atoms with E-state index in [2.05, 4.69) is 113 Å². The summed E-state index contributed by atoms with van der Waals surface area (Å²) in [6, 6.07) is 48.6. The van der Waals surface area contributed by atoms with Gasteiger partial charge in [-0.3, -0.25) is 10.4 Å². The Balaban J connectivity index is 0.967. The van der Waals surface area contributed by atoms with Crippen molar-refractivity contribution >= 4 is 23.5 Å². The standard InChI is InChI=1S/C55H44N4O/c1-37(53(56)59-54(41-20-6-3-7-21-41)58-36-39-18-4-2-5-19-39)16-8-9-17-38-29-31-48-50(34-38)60-51-35-42(43-26-14-22-40-23-15-33-57-52(40)43)30-32-49(51)55(48)46-27-12-10-24-44(46)45-25-11-13-28-47(45)55/h2-13,15-16,18-21,23-29,31-36,42,56H,14,17,22,30H2,1H3/b9-8-,37-16+,56-53?,58-36+,59-54-. The zero-order valence-corrected chi connectivity index (χ0v) is 33.6. The minimum atomic E-state index is -0.493. The van der Waals surface area contributed by atoms with Gasteiger partial charge >= 0.3 is 0 Å². The topological polar surface area (TPSA) is 70.7 Å². The third-order valence-corrected chi connectivity index (χ3v) is 12.2. The molecule has 5 nitrogen and oxygen atoms in total. The van der Waals surface area contributed by atoms with E-state index >= 15 is 0 Å². The Morgan fingerprint density at radius 3 is 2.33 bits per heavy atom. The molecule has 4 aliphatic rings. The Hall–Kier alpha value is -7.24. The van der Waals surface area contributed by atoms with Gasteiger partial charge in [0.1, 0.15) is 17.3 Å². The Labute approximate surface area is 351 Å². The Kier molecular flexibility index (Phi) is 9.78. The van der Waals surface area contributed by atoms with E-state index in [0.717, 1.165) is 58.7 Å². The molecule has 0 fully saturated rings. The van der Waals surface area contributed by atoms with Crippen molar-refractivity contribution in [2.45, 2.75) is 38.0 Å². The number of hydrogen-bond donors (Lipinski definition) is 1.